The van der Waals surface area contributed by atoms with Crippen LogP contribution >= 0.6 is 34.9 Å². The number of thioether (sulfide) groups is 2. The third kappa shape index (κ3) is 8.27. The Morgan fingerprint density at radius 1 is 1.14 bits per heavy atom. The summed E-state index contributed by atoms with van der Waals surface area (Å²) in [6.45, 7) is 5.68. The van der Waals surface area contributed by atoms with Gasteiger partial charge in [0, 0.05) is 16.7 Å². The van der Waals surface area contributed by atoms with Crippen LogP contribution in [0.2, 0.25) is 0 Å². The average Bonchev–Trinajstić information content (AvgIpc) is 3.18. The topological polar surface area (TPSA) is 33.2 Å². The van der Waals surface area contributed by atoms with Gasteiger partial charge in [-0.05, 0) is 76.7 Å². The molecular weight excluding hydrogens is 404 g/mol. The minimum Gasteiger partial charge on any atom is -0.309 e. The molecule has 0 saturated heterocycles. The lowest BCUT2D eigenvalue weighted by Crippen LogP contribution is -2.19. The molecule has 0 aliphatic carbocycles. The first-order chi connectivity index (χ1) is 13.4. The first-order valence-corrected chi connectivity index (χ1v) is 12.7. The van der Waals surface area contributed by atoms with Crippen molar-refractivity contribution in [3.8, 4) is 0 Å². The summed E-state index contributed by atoms with van der Waals surface area (Å²) in [4.78, 5) is 20.3. The Labute approximate surface area is 182 Å². The Morgan fingerprint density at radius 3 is 2.64 bits per heavy atom. The van der Waals surface area contributed by atoms with E-state index in [1.54, 1.807) is 18.0 Å². The lowest BCUT2D eigenvalue weighted by atomic mass is 10.1. The molecule has 0 saturated carbocycles. The zero-order valence-corrected chi connectivity index (χ0v) is 19.9. The van der Waals surface area contributed by atoms with E-state index in [0.717, 1.165) is 15.7 Å². The van der Waals surface area contributed by atoms with Crippen LogP contribution in [-0.4, -0.2) is 52.6 Å². The number of carbonyl (C=O) groups excluding carboxylic acids is 1. The fourth-order valence-electron chi connectivity index (χ4n) is 2.78. The van der Waals surface area contributed by atoms with Gasteiger partial charge in [-0.2, -0.15) is 11.8 Å². The van der Waals surface area contributed by atoms with Crippen LogP contribution in [0.4, 0.5) is 0 Å². The number of ketones is 1. The van der Waals surface area contributed by atoms with Crippen molar-refractivity contribution in [1.29, 1.82) is 0 Å². The summed E-state index contributed by atoms with van der Waals surface area (Å²) in [7, 11) is 4.27. The molecule has 0 aliphatic heterocycles. The molecule has 0 aliphatic rings. The molecular formula is C22H32N2OS3. The van der Waals surface area contributed by atoms with Gasteiger partial charge in [-0.15, -0.1) is 11.3 Å². The van der Waals surface area contributed by atoms with Gasteiger partial charge >= 0.3 is 0 Å². The Bertz CT molecular complexity index is 714. The van der Waals surface area contributed by atoms with Crippen molar-refractivity contribution in [1.82, 2.24) is 9.88 Å². The molecule has 0 spiro atoms. The van der Waals surface area contributed by atoms with Crippen molar-refractivity contribution in [2.45, 2.75) is 49.3 Å². The molecule has 0 atom stereocenters. The molecule has 0 N–H and O–H groups in total. The summed E-state index contributed by atoms with van der Waals surface area (Å²) in [6.07, 6.45) is 6.99. The minimum atomic E-state index is 0.0361. The second-order valence-electron chi connectivity index (χ2n) is 7.79. The van der Waals surface area contributed by atoms with Gasteiger partial charge in [0.1, 0.15) is 5.03 Å². The maximum absolute atomic E-state index is 12.8. The minimum absolute atomic E-state index is 0.0361. The van der Waals surface area contributed by atoms with E-state index in [1.807, 2.05) is 41.4 Å². The van der Waals surface area contributed by atoms with Crippen molar-refractivity contribution >= 4 is 40.6 Å². The van der Waals surface area contributed by atoms with Gasteiger partial charge in [-0.1, -0.05) is 30.7 Å². The van der Waals surface area contributed by atoms with E-state index >= 15 is 0 Å². The number of pyridine rings is 1. The van der Waals surface area contributed by atoms with Crippen LogP contribution in [0.15, 0.2) is 40.9 Å². The number of hydrogen-bond donors (Lipinski definition) is 0. The Hall–Kier alpha value is -0.820. The molecule has 0 bridgehead atoms. The quantitative estimate of drug-likeness (QED) is 0.215. The molecule has 2 heterocycles. The lowest BCUT2D eigenvalue weighted by molar-refractivity contribution is 0.103. The number of thiophene rings is 1. The maximum atomic E-state index is 12.8. The zero-order chi connectivity index (χ0) is 20.4. The number of nitrogens with zero attached hydrogens (tertiary/aromatic N) is 2. The van der Waals surface area contributed by atoms with Crippen LogP contribution < -0.4 is 0 Å². The van der Waals surface area contributed by atoms with Gasteiger partial charge in [-0.25, -0.2) is 4.98 Å². The molecule has 2 aromatic heterocycles. The summed E-state index contributed by atoms with van der Waals surface area (Å²) in [5.74, 6) is 2.33. The van der Waals surface area contributed by atoms with E-state index in [1.165, 1.54) is 49.3 Å². The zero-order valence-electron chi connectivity index (χ0n) is 17.4. The predicted molar refractivity (Wildman–Crippen MR) is 126 cm³/mol. The highest BCUT2D eigenvalue weighted by molar-refractivity contribution is 8.03. The molecule has 0 fully saturated rings. The highest BCUT2D eigenvalue weighted by Crippen LogP contribution is 2.36. The van der Waals surface area contributed by atoms with Gasteiger partial charge in [0.2, 0.25) is 5.78 Å². The molecule has 2 rings (SSSR count). The number of aromatic nitrogens is 1. The Balaban J connectivity index is 1.80. The molecule has 3 nitrogen and oxygen atoms in total. The third-order valence-electron chi connectivity index (χ3n) is 4.23. The number of unbranched alkanes of at least 4 members (excludes halogenated alkanes) is 3. The molecule has 28 heavy (non-hydrogen) atoms. The maximum Gasteiger partial charge on any atom is 0.205 e. The van der Waals surface area contributed by atoms with Crippen LogP contribution in [0.1, 0.15) is 54.8 Å². The van der Waals surface area contributed by atoms with Gasteiger partial charge in [0.15, 0.2) is 0 Å². The molecule has 0 aromatic carbocycles. The van der Waals surface area contributed by atoms with Gasteiger partial charge in [-0.3, -0.25) is 4.79 Å². The average molecular weight is 437 g/mol. The fraction of sp³-hybridized carbons (Fsp3) is 0.545. The second kappa shape index (κ2) is 12.0. The van der Waals surface area contributed by atoms with Crippen LogP contribution in [-0.2, 0) is 0 Å². The molecule has 0 amide bonds. The van der Waals surface area contributed by atoms with E-state index in [-0.39, 0.29) is 10.5 Å². The van der Waals surface area contributed by atoms with Crippen LogP contribution in [0.3, 0.4) is 0 Å². The molecule has 2 aromatic rings. The van der Waals surface area contributed by atoms with E-state index in [4.69, 9.17) is 0 Å². The second-order valence-corrected chi connectivity index (χ2v) is 11.5. The standard InChI is InChI=1S/C22H32N2OS3/c1-22(2,17-26-15-8-6-5-7-14-24(3)4)28-21-18(11-9-13-23-21)20(25)19-12-10-16-27-19/h9-13,16H,5-8,14-15,17H2,1-4H3. The summed E-state index contributed by atoms with van der Waals surface area (Å²) in [5.41, 5.74) is 0.717. The van der Waals surface area contributed by atoms with Crippen molar-refractivity contribution in [2.75, 3.05) is 32.1 Å². The van der Waals surface area contributed by atoms with Crippen molar-refractivity contribution in [3.63, 3.8) is 0 Å². The van der Waals surface area contributed by atoms with Crippen LogP contribution in [0.25, 0.3) is 0 Å². The van der Waals surface area contributed by atoms with Crippen molar-refractivity contribution in [3.05, 3.63) is 46.3 Å². The van der Waals surface area contributed by atoms with Gasteiger partial charge in [0.05, 0.1) is 10.4 Å². The first kappa shape index (κ1) is 23.5. The van der Waals surface area contributed by atoms with Crippen molar-refractivity contribution in [2.24, 2.45) is 0 Å². The summed E-state index contributed by atoms with van der Waals surface area (Å²) in [5, 5.41) is 2.78. The van der Waals surface area contributed by atoms with E-state index in [2.05, 4.69) is 37.8 Å². The number of hydrogen-bond acceptors (Lipinski definition) is 6. The van der Waals surface area contributed by atoms with Gasteiger partial charge in [0.25, 0.3) is 0 Å². The number of rotatable bonds is 13. The third-order valence-corrected chi connectivity index (χ3v) is 8.00. The molecule has 6 heteroatoms. The molecule has 0 unspecified atom stereocenters. The summed E-state index contributed by atoms with van der Waals surface area (Å²) in [6, 6.07) is 7.55. The summed E-state index contributed by atoms with van der Waals surface area (Å²) < 4.78 is 0.0361. The smallest absolute Gasteiger partial charge is 0.205 e. The largest absolute Gasteiger partial charge is 0.309 e. The Kier molecular flexibility index (Phi) is 10.1. The predicted octanol–water partition coefficient (Wildman–Crippen LogP) is 6.10. The van der Waals surface area contributed by atoms with E-state index < -0.39 is 0 Å². The van der Waals surface area contributed by atoms with Crippen LogP contribution in [0.5, 0.6) is 0 Å². The molecule has 154 valence electrons. The lowest BCUT2D eigenvalue weighted by Gasteiger charge is -2.24. The van der Waals surface area contributed by atoms with Crippen molar-refractivity contribution < 1.29 is 4.79 Å². The van der Waals surface area contributed by atoms with Gasteiger partial charge < -0.3 is 4.90 Å². The highest BCUT2D eigenvalue weighted by Gasteiger charge is 2.24. The highest BCUT2D eigenvalue weighted by atomic mass is 32.2. The Morgan fingerprint density at radius 2 is 1.93 bits per heavy atom. The van der Waals surface area contributed by atoms with Crippen LogP contribution in [0, 0.1) is 0 Å². The first-order valence-electron chi connectivity index (χ1n) is 9.84. The fourth-order valence-corrected chi connectivity index (χ4v) is 5.90. The SMILES string of the molecule is CN(C)CCCCCCSCC(C)(C)Sc1ncccc1C(=O)c1cccs1. The normalized spacial score (nSPS) is 11.9. The monoisotopic (exact) mass is 436 g/mol. The van der Waals surface area contributed by atoms with E-state index in [9.17, 15) is 4.79 Å². The molecule has 0 radical (unpaired) electrons. The number of carbonyl (C=O) groups is 1. The van der Waals surface area contributed by atoms with E-state index in [0.29, 0.717) is 5.56 Å². The summed E-state index contributed by atoms with van der Waals surface area (Å²) >= 11 is 5.22.